The van der Waals surface area contributed by atoms with Crippen molar-refractivity contribution >= 4 is 46.1 Å². The van der Waals surface area contributed by atoms with E-state index in [-0.39, 0.29) is 11.4 Å². The van der Waals surface area contributed by atoms with Gasteiger partial charge in [-0.15, -0.1) is 0 Å². The Balaban J connectivity index is 1.38. The van der Waals surface area contributed by atoms with Gasteiger partial charge in [-0.1, -0.05) is 42.5 Å². The third-order valence-electron chi connectivity index (χ3n) is 6.09. The van der Waals surface area contributed by atoms with Crippen LogP contribution in [-0.2, 0) is 9.59 Å². The molecule has 2 heterocycles. The molecule has 8 heteroatoms. The van der Waals surface area contributed by atoms with E-state index in [2.05, 4.69) is 21.6 Å². The molecule has 0 unspecified atom stereocenters. The van der Waals surface area contributed by atoms with Gasteiger partial charge in [0.1, 0.15) is 18.1 Å². The van der Waals surface area contributed by atoms with Gasteiger partial charge in [0.25, 0.3) is 5.91 Å². The highest BCUT2D eigenvalue weighted by Crippen LogP contribution is 2.32. The average Bonchev–Trinajstić information content (AvgIpc) is 3.46. The molecule has 0 aliphatic carbocycles. The maximum Gasteiger partial charge on any atom is 0.329 e. The van der Waals surface area contributed by atoms with E-state index in [1.807, 2.05) is 30.3 Å². The first-order valence-electron chi connectivity index (χ1n) is 11.2. The van der Waals surface area contributed by atoms with Crippen molar-refractivity contribution in [2.45, 2.75) is 12.8 Å². The number of para-hydroxylation sites is 1. The molecule has 7 nitrogen and oxygen atoms in total. The van der Waals surface area contributed by atoms with Crippen LogP contribution < -0.4 is 15.5 Å². The first kappa shape index (κ1) is 21.6. The molecule has 5 rings (SSSR count). The second-order valence-electron chi connectivity index (χ2n) is 8.32. The Kier molecular flexibility index (Phi) is 5.71. The summed E-state index contributed by atoms with van der Waals surface area (Å²) < 4.78 is 13.8. The first-order chi connectivity index (χ1) is 16.5. The van der Waals surface area contributed by atoms with E-state index < -0.39 is 30.2 Å². The zero-order valence-corrected chi connectivity index (χ0v) is 18.4. The molecule has 2 aliphatic heterocycles. The minimum atomic E-state index is -0.696. The normalized spacial score (nSPS) is 17.0. The average molecular weight is 458 g/mol. The zero-order chi connectivity index (χ0) is 23.7. The molecule has 0 spiro atoms. The molecule has 172 valence electrons. The van der Waals surface area contributed by atoms with Crippen molar-refractivity contribution in [3.63, 3.8) is 0 Å². The number of fused-ring (bicyclic) bond motifs is 1. The van der Waals surface area contributed by atoms with Crippen molar-refractivity contribution in [1.29, 1.82) is 0 Å². The third-order valence-corrected chi connectivity index (χ3v) is 6.09. The molecule has 34 heavy (non-hydrogen) atoms. The van der Waals surface area contributed by atoms with Crippen LogP contribution in [0, 0.1) is 5.82 Å². The van der Waals surface area contributed by atoms with Crippen molar-refractivity contribution in [2.75, 3.05) is 29.9 Å². The van der Waals surface area contributed by atoms with Crippen LogP contribution in [0.4, 0.5) is 20.6 Å². The molecule has 3 aromatic rings. The van der Waals surface area contributed by atoms with Crippen LogP contribution in [0.2, 0.25) is 0 Å². The number of rotatable bonds is 5. The molecule has 0 atom stereocenters. The van der Waals surface area contributed by atoms with Crippen LogP contribution in [-0.4, -0.2) is 42.4 Å². The molecule has 0 aromatic heterocycles. The third kappa shape index (κ3) is 4.10. The summed E-state index contributed by atoms with van der Waals surface area (Å²) in [6.07, 6.45) is 3.97. The minimum Gasteiger partial charge on any atom is -0.371 e. The van der Waals surface area contributed by atoms with E-state index in [4.69, 9.17) is 0 Å². The van der Waals surface area contributed by atoms with Gasteiger partial charge in [-0.3, -0.25) is 9.59 Å². The van der Waals surface area contributed by atoms with E-state index in [1.54, 1.807) is 12.1 Å². The highest BCUT2D eigenvalue weighted by Gasteiger charge is 2.35. The molecule has 4 amide bonds. The molecule has 0 saturated carbocycles. The van der Waals surface area contributed by atoms with Crippen molar-refractivity contribution < 1.29 is 18.8 Å². The van der Waals surface area contributed by atoms with Crippen LogP contribution in [0.25, 0.3) is 16.8 Å². The molecular formula is C26H23FN4O3. The SMILES string of the molecule is O=C(CN1C(=O)N/C(=C/c2ccc(N3CCCC3)c3ccccc23)C1=O)Nc1ccccc1F. The lowest BCUT2D eigenvalue weighted by Gasteiger charge is -2.20. The zero-order valence-electron chi connectivity index (χ0n) is 18.4. The number of carbonyl (C=O) groups is 3. The molecule has 2 aliphatic rings. The standard InChI is InChI=1S/C26H23FN4O3/c27-20-9-3-4-10-21(20)28-24(32)16-31-25(33)22(29-26(31)34)15-17-11-12-23(30-13-5-6-14-30)19-8-2-1-7-18(17)19/h1-4,7-12,15H,5-6,13-14,16H2,(H,28,32)(H,29,34)/b22-15+. The topological polar surface area (TPSA) is 81.8 Å². The number of nitrogens with zero attached hydrogens (tertiary/aromatic N) is 2. The molecule has 2 saturated heterocycles. The molecular weight excluding hydrogens is 435 g/mol. The summed E-state index contributed by atoms with van der Waals surface area (Å²) in [6, 6.07) is 16.9. The Morgan fingerprint density at radius 3 is 2.44 bits per heavy atom. The number of hydrogen-bond donors (Lipinski definition) is 2. The van der Waals surface area contributed by atoms with Gasteiger partial charge < -0.3 is 15.5 Å². The largest absolute Gasteiger partial charge is 0.371 e. The number of hydrogen-bond acceptors (Lipinski definition) is 4. The van der Waals surface area contributed by atoms with Crippen molar-refractivity contribution in [1.82, 2.24) is 10.2 Å². The Bertz CT molecular complexity index is 1330. The van der Waals surface area contributed by atoms with Crippen molar-refractivity contribution in [3.05, 3.63) is 77.7 Å². The van der Waals surface area contributed by atoms with Gasteiger partial charge in [0.2, 0.25) is 5.91 Å². The number of nitrogens with one attached hydrogen (secondary N) is 2. The van der Waals surface area contributed by atoms with Gasteiger partial charge in [0, 0.05) is 24.2 Å². The Hall–Kier alpha value is -4.20. The highest BCUT2D eigenvalue weighted by molar-refractivity contribution is 6.16. The van der Waals surface area contributed by atoms with Gasteiger partial charge in [-0.2, -0.15) is 0 Å². The van der Waals surface area contributed by atoms with Crippen LogP contribution >= 0.6 is 0 Å². The van der Waals surface area contributed by atoms with E-state index in [1.165, 1.54) is 31.0 Å². The second-order valence-corrected chi connectivity index (χ2v) is 8.32. The maximum atomic E-state index is 13.8. The quantitative estimate of drug-likeness (QED) is 0.445. The van der Waals surface area contributed by atoms with Crippen molar-refractivity contribution in [3.8, 4) is 0 Å². The summed E-state index contributed by atoms with van der Waals surface area (Å²) in [5.74, 6) is -1.88. The van der Waals surface area contributed by atoms with Gasteiger partial charge in [0.05, 0.1) is 5.69 Å². The van der Waals surface area contributed by atoms with Gasteiger partial charge in [-0.05, 0) is 48.1 Å². The summed E-state index contributed by atoms with van der Waals surface area (Å²) in [5.41, 5.74) is 2.02. The second kappa shape index (κ2) is 8.97. The summed E-state index contributed by atoms with van der Waals surface area (Å²) >= 11 is 0. The van der Waals surface area contributed by atoms with Gasteiger partial charge >= 0.3 is 6.03 Å². The molecule has 0 bridgehead atoms. The summed E-state index contributed by atoms with van der Waals surface area (Å²) in [4.78, 5) is 40.8. The number of carbonyl (C=O) groups excluding carboxylic acids is 3. The summed E-state index contributed by atoms with van der Waals surface area (Å²) in [7, 11) is 0. The number of halogens is 1. The Morgan fingerprint density at radius 1 is 0.971 bits per heavy atom. The van der Waals surface area contributed by atoms with Crippen LogP contribution in [0.1, 0.15) is 18.4 Å². The number of urea groups is 1. The highest BCUT2D eigenvalue weighted by atomic mass is 19.1. The fraction of sp³-hybridized carbons (Fsp3) is 0.192. The van der Waals surface area contributed by atoms with Crippen LogP contribution in [0.5, 0.6) is 0 Å². The molecule has 2 N–H and O–H groups in total. The Morgan fingerprint density at radius 2 is 1.68 bits per heavy atom. The Labute approximate surface area is 195 Å². The van der Waals surface area contributed by atoms with E-state index in [9.17, 15) is 18.8 Å². The number of amides is 4. The fourth-order valence-electron chi connectivity index (χ4n) is 4.43. The lowest BCUT2D eigenvalue weighted by Crippen LogP contribution is -2.38. The van der Waals surface area contributed by atoms with Crippen molar-refractivity contribution in [2.24, 2.45) is 0 Å². The molecule has 2 fully saturated rings. The summed E-state index contributed by atoms with van der Waals surface area (Å²) in [6.45, 7) is 1.51. The van der Waals surface area contributed by atoms with Gasteiger partial charge in [0.15, 0.2) is 0 Å². The number of anilines is 2. The fourth-order valence-corrected chi connectivity index (χ4v) is 4.43. The van der Waals surface area contributed by atoms with Gasteiger partial charge in [-0.25, -0.2) is 14.1 Å². The predicted molar refractivity (Wildman–Crippen MR) is 129 cm³/mol. The monoisotopic (exact) mass is 458 g/mol. The lowest BCUT2D eigenvalue weighted by atomic mass is 10.0. The van der Waals surface area contributed by atoms with E-state index in [0.717, 1.165) is 40.0 Å². The predicted octanol–water partition coefficient (Wildman–Crippen LogP) is 4.11. The number of imide groups is 1. The molecule has 0 radical (unpaired) electrons. The first-order valence-corrected chi connectivity index (χ1v) is 11.2. The lowest BCUT2D eigenvalue weighted by molar-refractivity contribution is -0.127. The maximum absolute atomic E-state index is 13.8. The molecule has 3 aromatic carbocycles. The smallest absolute Gasteiger partial charge is 0.329 e. The van der Waals surface area contributed by atoms with E-state index in [0.29, 0.717) is 0 Å². The number of benzene rings is 3. The van der Waals surface area contributed by atoms with Crippen LogP contribution in [0.3, 0.4) is 0 Å². The van der Waals surface area contributed by atoms with E-state index >= 15 is 0 Å². The summed E-state index contributed by atoms with van der Waals surface area (Å²) in [5, 5.41) is 6.99. The van der Waals surface area contributed by atoms with Crippen LogP contribution in [0.15, 0.2) is 66.4 Å². The minimum absolute atomic E-state index is 0.0140.